The van der Waals surface area contributed by atoms with Gasteiger partial charge in [0.2, 0.25) is 5.91 Å². The van der Waals surface area contributed by atoms with Crippen LogP contribution in [0.1, 0.15) is 16.2 Å². The van der Waals surface area contributed by atoms with Crippen molar-refractivity contribution in [3.63, 3.8) is 0 Å². The number of aromatic carboxylic acids is 1. The Morgan fingerprint density at radius 3 is 2.79 bits per heavy atom. The number of carbonyl (C=O) groups is 2. The van der Waals surface area contributed by atoms with Crippen molar-refractivity contribution in [1.82, 2.24) is 9.55 Å². The van der Waals surface area contributed by atoms with Gasteiger partial charge in [0.05, 0.1) is 11.9 Å². The van der Waals surface area contributed by atoms with Crippen LogP contribution in [0.3, 0.4) is 0 Å². The summed E-state index contributed by atoms with van der Waals surface area (Å²) >= 11 is 0. The van der Waals surface area contributed by atoms with E-state index in [0.29, 0.717) is 5.69 Å². The number of nitrogens with one attached hydrogen (secondary N) is 1. The van der Waals surface area contributed by atoms with Crippen LogP contribution in [0.5, 0.6) is 0 Å². The normalized spacial score (nSPS) is 10.2. The lowest BCUT2D eigenvalue weighted by molar-refractivity contribution is -0.116. The van der Waals surface area contributed by atoms with Gasteiger partial charge in [0.15, 0.2) is 0 Å². The molecule has 2 aromatic rings. The lowest BCUT2D eigenvalue weighted by Gasteiger charge is -2.07. The van der Waals surface area contributed by atoms with E-state index in [-0.39, 0.29) is 18.1 Å². The summed E-state index contributed by atoms with van der Waals surface area (Å²) in [6.45, 7) is 1.80. The molecule has 19 heavy (non-hydrogen) atoms. The number of amides is 1. The van der Waals surface area contributed by atoms with Crippen molar-refractivity contribution < 1.29 is 14.7 Å². The maximum atomic E-state index is 11.8. The average Bonchev–Trinajstić information content (AvgIpc) is 2.80. The van der Waals surface area contributed by atoms with Crippen LogP contribution < -0.4 is 5.32 Å². The quantitative estimate of drug-likeness (QED) is 0.872. The Kier molecular flexibility index (Phi) is 3.61. The zero-order chi connectivity index (χ0) is 13.8. The number of carboxylic acid groups (broad SMARTS) is 1. The van der Waals surface area contributed by atoms with Gasteiger partial charge in [-0.05, 0) is 31.2 Å². The van der Waals surface area contributed by atoms with E-state index in [4.69, 9.17) is 5.11 Å². The topological polar surface area (TPSA) is 84.2 Å². The fraction of sp³-hybridized carbons (Fsp3) is 0.154. The van der Waals surface area contributed by atoms with E-state index in [1.165, 1.54) is 10.6 Å². The predicted molar refractivity (Wildman–Crippen MR) is 69.0 cm³/mol. The van der Waals surface area contributed by atoms with E-state index in [1.54, 1.807) is 30.6 Å². The first-order chi connectivity index (χ1) is 9.06. The second kappa shape index (κ2) is 5.34. The minimum atomic E-state index is -1.06. The zero-order valence-electron chi connectivity index (χ0n) is 10.3. The maximum Gasteiger partial charge on any atom is 0.352 e. The van der Waals surface area contributed by atoms with Crippen molar-refractivity contribution in [2.24, 2.45) is 0 Å². The minimum Gasteiger partial charge on any atom is -0.477 e. The molecule has 0 spiro atoms. The molecule has 0 aliphatic heterocycles. The van der Waals surface area contributed by atoms with Crippen molar-refractivity contribution in [3.8, 4) is 0 Å². The van der Waals surface area contributed by atoms with Crippen LogP contribution in [0.15, 0.2) is 36.7 Å². The van der Waals surface area contributed by atoms with Crippen LogP contribution >= 0.6 is 0 Å². The molecular formula is C13H13N3O3. The van der Waals surface area contributed by atoms with Gasteiger partial charge < -0.3 is 15.0 Å². The van der Waals surface area contributed by atoms with Crippen molar-refractivity contribution in [2.75, 3.05) is 5.32 Å². The van der Waals surface area contributed by atoms with Gasteiger partial charge in [-0.2, -0.15) is 0 Å². The second-order valence-electron chi connectivity index (χ2n) is 4.06. The lowest BCUT2D eigenvalue weighted by Crippen LogP contribution is -2.20. The highest BCUT2D eigenvalue weighted by Crippen LogP contribution is 2.07. The van der Waals surface area contributed by atoms with Crippen molar-refractivity contribution >= 4 is 17.6 Å². The van der Waals surface area contributed by atoms with E-state index >= 15 is 0 Å². The third-order valence-corrected chi connectivity index (χ3v) is 2.56. The molecule has 2 heterocycles. The van der Waals surface area contributed by atoms with E-state index in [1.807, 2.05) is 6.92 Å². The van der Waals surface area contributed by atoms with Crippen molar-refractivity contribution in [2.45, 2.75) is 13.5 Å². The molecular weight excluding hydrogens is 246 g/mol. The van der Waals surface area contributed by atoms with Crippen LogP contribution in [0.25, 0.3) is 0 Å². The molecule has 6 heteroatoms. The van der Waals surface area contributed by atoms with Crippen LogP contribution in [0.2, 0.25) is 0 Å². The summed E-state index contributed by atoms with van der Waals surface area (Å²) < 4.78 is 1.37. The molecule has 2 N–H and O–H groups in total. The van der Waals surface area contributed by atoms with Crippen LogP contribution in [-0.4, -0.2) is 26.5 Å². The third kappa shape index (κ3) is 3.19. The summed E-state index contributed by atoms with van der Waals surface area (Å²) in [5, 5.41) is 11.6. The standard InChI is InChI=1S/C13H13N3O3/c1-9-4-5-10(7-14-9)15-12(17)8-16-6-2-3-11(16)13(18)19/h2-7H,8H2,1H3,(H,15,17)(H,18,19). The number of nitrogens with zero attached hydrogens (tertiary/aromatic N) is 2. The number of hydrogen-bond donors (Lipinski definition) is 2. The molecule has 98 valence electrons. The number of carboxylic acids is 1. The monoisotopic (exact) mass is 259 g/mol. The van der Waals surface area contributed by atoms with Gasteiger partial charge in [-0.1, -0.05) is 0 Å². The predicted octanol–water partition coefficient (Wildman–Crippen LogP) is 1.53. The van der Waals surface area contributed by atoms with Crippen LogP contribution in [0, 0.1) is 6.92 Å². The molecule has 0 fully saturated rings. The number of hydrogen-bond acceptors (Lipinski definition) is 3. The highest BCUT2D eigenvalue weighted by atomic mass is 16.4. The van der Waals surface area contributed by atoms with E-state index in [2.05, 4.69) is 10.3 Å². The highest BCUT2D eigenvalue weighted by molar-refractivity contribution is 5.92. The van der Waals surface area contributed by atoms with Gasteiger partial charge >= 0.3 is 5.97 Å². The average molecular weight is 259 g/mol. The van der Waals surface area contributed by atoms with Crippen molar-refractivity contribution in [3.05, 3.63) is 48.0 Å². The van der Waals surface area contributed by atoms with Gasteiger partial charge in [-0.15, -0.1) is 0 Å². The van der Waals surface area contributed by atoms with Gasteiger partial charge in [0.1, 0.15) is 12.2 Å². The summed E-state index contributed by atoms with van der Waals surface area (Å²) in [5.41, 5.74) is 1.52. The first-order valence-corrected chi connectivity index (χ1v) is 5.67. The number of carbonyl (C=O) groups excluding carboxylic acids is 1. The summed E-state index contributed by atoms with van der Waals surface area (Å²) in [6.07, 6.45) is 3.11. The Morgan fingerprint density at radius 2 is 2.16 bits per heavy atom. The Morgan fingerprint density at radius 1 is 1.37 bits per heavy atom. The Labute approximate surface area is 109 Å². The smallest absolute Gasteiger partial charge is 0.352 e. The van der Waals surface area contributed by atoms with Crippen LogP contribution in [0.4, 0.5) is 5.69 Å². The summed E-state index contributed by atoms with van der Waals surface area (Å²) in [4.78, 5) is 26.7. The number of aromatic nitrogens is 2. The molecule has 0 saturated heterocycles. The molecule has 0 saturated carbocycles. The summed E-state index contributed by atoms with van der Waals surface area (Å²) in [7, 11) is 0. The Balaban J connectivity index is 2.03. The number of aryl methyl sites for hydroxylation is 1. The van der Waals surface area contributed by atoms with Crippen molar-refractivity contribution in [1.29, 1.82) is 0 Å². The highest BCUT2D eigenvalue weighted by Gasteiger charge is 2.11. The molecule has 2 aromatic heterocycles. The first-order valence-electron chi connectivity index (χ1n) is 5.67. The molecule has 0 bridgehead atoms. The molecule has 6 nitrogen and oxygen atoms in total. The molecule has 0 atom stereocenters. The first kappa shape index (κ1) is 12.8. The maximum absolute atomic E-state index is 11.8. The Hall–Kier alpha value is -2.63. The zero-order valence-corrected chi connectivity index (χ0v) is 10.3. The fourth-order valence-corrected chi connectivity index (χ4v) is 1.64. The van der Waals surface area contributed by atoms with E-state index < -0.39 is 5.97 Å². The van der Waals surface area contributed by atoms with Gasteiger partial charge in [-0.25, -0.2) is 4.79 Å². The molecule has 0 radical (unpaired) electrons. The van der Waals surface area contributed by atoms with Crippen LogP contribution in [-0.2, 0) is 11.3 Å². The number of rotatable bonds is 4. The summed E-state index contributed by atoms with van der Waals surface area (Å²) in [6, 6.07) is 6.56. The molecule has 0 aliphatic rings. The fourth-order valence-electron chi connectivity index (χ4n) is 1.64. The van der Waals surface area contributed by atoms with Gasteiger partial charge in [-0.3, -0.25) is 9.78 Å². The molecule has 2 rings (SSSR count). The lowest BCUT2D eigenvalue weighted by atomic mass is 10.3. The van der Waals surface area contributed by atoms with Gasteiger partial charge in [0, 0.05) is 11.9 Å². The molecule has 1 amide bonds. The Bertz CT molecular complexity index is 602. The largest absolute Gasteiger partial charge is 0.477 e. The molecule has 0 aromatic carbocycles. The van der Waals surface area contributed by atoms with E-state index in [0.717, 1.165) is 5.69 Å². The second-order valence-corrected chi connectivity index (χ2v) is 4.06. The van der Waals surface area contributed by atoms with E-state index in [9.17, 15) is 9.59 Å². The molecule has 0 aliphatic carbocycles. The number of anilines is 1. The molecule has 0 unspecified atom stereocenters. The minimum absolute atomic E-state index is 0.0531. The SMILES string of the molecule is Cc1ccc(NC(=O)Cn2cccc2C(=O)O)cn1. The van der Waals surface area contributed by atoms with Gasteiger partial charge in [0.25, 0.3) is 0 Å². The summed E-state index contributed by atoms with van der Waals surface area (Å²) in [5.74, 6) is -1.36. The number of pyridine rings is 1. The third-order valence-electron chi connectivity index (χ3n) is 2.56.